The monoisotopic (exact) mass is 287 g/mol. The number of rotatable bonds is 6. The fraction of sp³-hybridized carbons (Fsp3) is 0.538. The van der Waals surface area contributed by atoms with Gasteiger partial charge in [0.2, 0.25) is 11.8 Å². The molecule has 0 fully saturated rings. The van der Waals surface area contributed by atoms with Gasteiger partial charge in [0, 0.05) is 18.1 Å². The van der Waals surface area contributed by atoms with E-state index in [-0.39, 0.29) is 18.1 Å². The summed E-state index contributed by atoms with van der Waals surface area (Å²) >= 11 is 0. The normalized spacial score (nSPS) is 13.2. The van der Waals surface area contributed by atoms with Crippen molar-refractivity contribution in [3.8, 4) is 0 Å². The van der Waals surface area contributed by atoms with Gasteiger partial charge in [0.15, 0.2) is 0 Å². The topological polar surface area (TPSA) is 164 Å². The van der Waals surface area contributed by atoms with Gasteiger partial charge in [-0.1, -0.05) is 27.0 Å². The largest absolute Gasteiger partial charge is 0.366 e. The van der Waals surface area contributed by atoms with Gasteiger partial charge < -0.3 is 28.7 Å². The minimum absolute atomic E-state index is 0.0463. The van der Waals surface area contributed by atoms with Crippen molar-refractivity contribution in [3.63, 3.8) is 0 Å². The third kappa shape index (κ3) is 18.7. The van der Waals surface area contributed by atoms with Crippen LogP contribution in [0.1, 0.15) is 26.7 Å². The molecule has 10 N–H and O–H groups in total. The summed E-state index contributed by atoms with van der Waals surface area (Å²) in [5.41, 5.74) is 26.2. The summed E-state index contributed by atoms with van der Waals surface area (Å²) in [6, 6.07) is 0.0555. The molecule has 0 aliphatic carbocycles. The van der Waals surface area contributed by atoms with Crippen LogP contribution in [0.15, 0.2) is 25.3 Å². The van der Waals surface area contributed by atoms with Crippen LogP contribution in [0.25, 0.3) is 0 Å². The fourth-order valence-electron chi connectivity index (χ4n) is 0.862. The Morgan fingerprint density at radius 2 is 1.10 bits per heavy atom. The van der Waals surface area contributed by atoms with Gasteiger partial charge in [0.05, 0.1) is 0 Å². The molecular weight excluding hydrogens is 258 g/mol. The van der Waals surface area contributed by atoms with Crippen molar-refractivity contribution >= 4 is 11.8 Å². The summed E-state index contributed by atoms with van der Waals surface area (Å²) in [4.78, 5) is 18.9. The molecule has 0 aromatic rings. The first-order valence-electron chi connectivity index (χ1n) is 6.28. The van der Waals surface area contributed by atoms with Gasteiger partial charge in [-0.25, -0.2) is 0 Å². The van der Waals surface area contributed by atoms with E-state index in [0.717, 1.165) is 25.0 Å². The Balaban J connectivity index is -0.000000244. The Morgan fingerprint density at radius 1 is 0.900 bits per heavy atom. The Bertz CT molecular complexity index is 266. The predicted octanol–water partition coefficient (Wildman–Crippen LogP) is -0.896. The molecule has 0 spiro atoms. The highest BCUT2D eigenvalue weighted by Crippen LogP contribution is 1.99. The van der Waals surface area contributed by atoms with E-state index >= 15 is 0 Å². The van der Waals surface area contributed by atoms with E-state index in [1.54, 1.807) is 0 Å². The highest BCUT2D eigenvalue weighted by Gasteiger charge is 2.16. The number of carbonyl (C=O) groups excluding carboxylic acids is 2. The molecule has 20 heavy (non-hydrogen) atoms. The molecule has 0 aliphatic heterocycles. The lowest BCUT2D eigenvalue weighted by Gasteiger charge is -2.23. The molecule has 0 aromatic carbocycles. The van der Waals surface area contributed by atoms with E-state index in [2.05, 4.69) is 24.6 Å². The second-order valence-corrected chi connectivity index (χ2v) is 3.93. The minimum atomic E-state index is -0.481. The van der Waals surface area contributed by atoms with Crippen molar-refractivity contribution in [1.82, 2.24) is 0 Å². The molecule has 2 atom stereocenters. The van der Waals surface area contributed by atoms with Crippen LogP contribution < -0.4 is 28.7 Å². The molecule has 2 unspecified atom stereocenters. The predicted molar refractivity (Wildman–Crippen MR) is 83.3 cm³/mol. The molecule has 0 aliphatic rings. The van der Waals surface area contributed by atoms with Crippen LogP contribution in [0.2, 0.25) is 0 Å². The molecule has 0 bridgehead atoms. The minimum Gasteiger partial charge on any atom is -0.366 e. The van der Waals surface area contributed by atoms with Gasteiger partial charge in [-0.05, 0) is 25.0 Å². The maximum absolute atomic E-state index is 9.47. The highest BCUT2D eigenvalue weighted by molar-refractivity contribution is 5.85. The van der Waals surface area contributed by atoms with E-state index < -0.39 is 11.8 Å². The summed E-state index contributed by atoms with van der Waals surface area (Å²) in [6.45, 7) is 10.2. The third-order valence-electron chi connectivity index (χ3n) is 2.33. The zero-order valence-corrected chi connectivity index (χ0v) is 12.4. The van der Waals surface area contributed by atoms with Crippen molar-refractivity contribution < 1.29 is 9.59 Å². The van der Waals surface area contributed by atoms with E-state index in [1.807, 2.05) is 13.8 Å². The van der Waals surface area contributed by atoms with E-state index in [9.17, 15) is 9.59 Å². The molecule has 7 nitrogen and oxygen atoms in total. The lowest BCUT2D eigenvalue weighted by atomic mass is 9.99. The van der Waals surface area contributed by atoms with E-state index in [0.29, 0.717) is 0 Å². The van der Waals surface area contributed by atoms with E-state index in [1.165, 1.54) is 0 Å². The van der Waals surface area contributed by atoms with E-state index in [4.69, 9.17) is 17.2 Å². The highest BCUT2D eigenvalue weighted by atomic mass is 16.1. The molecule has 0 heterocycles. The van der Waals surface area contributed by atoms with Gasteiger partial charge in [0.1, 0.15) is 0 Å². The van der Waals surface area contributed by atoms with Gasteiger partial charge in [-0.15, -0.1) is 0 Å². The molecule has 0 rings (SSSR count). The number of carbonyl (C=O) groups is 2. The standard InChI is InChI=1S/C7H19N3.2C3H5NO/c1-3-5(8)7(10)6(9)4-2;2*1-2-3(4)5/h5-7H,3-4,8-10H2,1-2H3;2*2H,1H2,(H2,4,5). The molecule has 7 heteroatoms. The maximum atomic E-state index is 9.47. The Morgan fingerprint density at radius 3 is 1.20 bits per heavy atom. The molecule has 0 saturated carbocycles. The second-order valence-electron chi connectivity index (χ2n) is 3.93. The first-order chi connectivity index (χ1) is 9.17. The number of nitrogens with two attached hydrogens (primary N) is 5. The molecule has 0 radical (unpaired) electrons. The molecule has 118 valence electrons. The zero-order chi connectivity index (χ0) is 16.7. The first-order valence-corrected chi connectivity index (χ1v) is 6.28. The van der Waals surface area contributed by atoms with Gasteiger partial charge in [-0.2, -0.15) is 0 Å². The van der Waals surface area contributed by atoms with Crippen LogP contribution >= 0.6 is 0 Å². The van der Waals surface area contributed by atoms with Crippen LogP contribution in [0.3, 0.4) is 0 Å². The van der Waals surface area contributed by atoms with Crippen molar-refractivity contribution in [3.05, 3.63) is 25.3 Å². The molecule has 2 amide bonds. The number of hydrogen-bond donors (Lipinski definition) is 5. The number of primary amides is 2. The summed E-state index contributed by atoms with van der Waals surface area (Å²) in [7, 11) is 0. The van der Waals surface area contributed by atoms with Crippen molar-refractivity contribution in [1.29, 1.82) is 0 Å². The van der Waals surface area contributed by atoms with Crippen LogP contribution in [0, 0.1) is 0 Å². The van der Waals surface area contributed by atoms with Gasteiger partial charge in [-0.3, -0.25) is 9.59 Å². The van der Waals surface area contributed by atoms with Crippen LogP contribution in [-0.2, 0) is 9.59 Å². The lowest BCUT2D eigenvalue weighted by molar-refractivity contribution is -0.114. The maximum Gasteiger partial charge on any atom is 0.240 e. The lowest BCUT2D eigenvalue weighted by Crippen LogP contribution is -2.52. The van der Waals surface area contributed by atoms with Gasteiger partial charge >= 0.3 is 0 Å². The van der Waals surface area contributed by atoms with Crippen LogP contribution in [0.5, 0.6) is 0 Å². The van der Waals surface area contributed by atoms with Crippen molar-refractivity contribution in [2.24, 2.45) is 28.7 Å². The smallest absolute Gasteiger partial charge is 0.240 e. The number of amides is 2. The Labute approximate surface area is 121 Å². The number of hydrogen-bond acceptors (Lipinski definition) is 5. The Kier molecular flexibility index (Phi) is 18.0. The summed E-state index contributed by atoms with van der Waals surface area (Å²) in [6.07, 6.45) is 3.91. The average molecular weight is 287 g/mol. The van der Waals surface area contributed by atoms with Gasteiger partial charge in [0.25, 0.3) is 0 Å². The summed E-state index contributed by atoms with van der Waals surface area (Å²) in [5, 5.41) is 0. The van der Waals surface area contributed by atoms with Crippen LogP contribution in [0.4, 0.5) is 0 Å². The fourth-order valence-corrected chi connectivity index (χ4v) is 0.862. The molecule has 0 saturated heterocycles. The Hall–Kier alpha value is -1.70. The van der Waals surface area contributed by atoms with Crippen LogP contribution in [-0.4, -0.2) is 29.9 Å². The van der Waals surface area contributed by atoms with Crippen molar-refractivity contribution in [2.75, 3.05) is 0 Å². The average Bonchev–Trinajstić information content (AvgIpc) is 2.45. The first kappa shape index (κ1) is 23.4. The second kappa shape index (κ2) is 15.4. The quantitative estimate of drug-likeness (QED) is 0.399. The molecular formula is C13H29N5O2. The summed E-state index contributed by atoms with van der Waals surface area (Å²) < 4.78 is 0. The summed E-state index contributed by atoms with van der Waals surface area (Å²) in [5.74, 6) is -0.963. The molecule has 0 aromatic heterocycles. The SMILES string of the molecule is C=CC(N)=O.C=CC(N)=O.CCC(N)C(N)C(N)CC. The third-order valence-corrected chi connectivity index (χ3v) is 2.33. The zero-order valence-electron chi connectivity index (χ0n) is 12.4. The van der Waals surface area contributed by atoms with Crippen molar-refractivity contribution in [2.45, 2.75) is 44.8 Å².